The molecule has 2 aromatic rings. The van der Waals surface area contributed by atoms with Crippen molar-refractivity contribution in [3.63, 3.8) is 0 Å². The maximum absolute atomic E-state index is 13.7. The van der Waals surface area contributed by atoms with E-state index in [1.165, 1.54) is 0 Å². The summed E-state index contributed by atoms with van der Waals surface area (Å²) in [6, 6.07) is 7.67. The standard InChI is InChI=1S/C13H16FN3/c1-13(2,14)7-9-5-3-4-6-10(9)11-8-16-17-12(11)15/h3-6,8H,7H2,1-2H3,(H3,15,16,17). The van der Waals surface area contributed by atoms with E-state index in [2.05, 4.69) is 10.2 Å². The molecular weight excluding hydrogens is 217 g/mol. The van der Waals surface area contributed by atoms with Gasteiger partial charge in [-0.15, -0.1) is 0 Å². The first-order valence-corrected chi connectivity index (χ1v) is 5.53. The molecule has 0 saturated heterocycles. The molecule has 0 atom stereocenters. The zero-order chi connectivity index (χ0) is 12.5. The first kappa shape index (κ1) is 11.6. The van der Waals surface area contributed by atoms with Gasteiger partial charge in [-0.2, -0.15) is 5.10 Å². The summed E-state index contributed by atoms with van der Waals surface area (Å²) in [5, 5.41) is 6.58. The number of H-pyrrole nitrogens is 1. The number of anilines is 1. The van der Waals surface area contributed by atoms with Gasteiger partial charge in [0.05, 0.1) is 6.20 Å². The van der Waals surface area contributed by atoms with Crippen LogP contribution in [0.4, 0.5) is 10.2 Å². The summed E-state index contributed by atoms with van der Waals surface area (Å²) >= 11 is 0. The molecule has 0 unspecified atom stereocenters. The molecule has 1 aromatic carbocycles. The van der Waals surface area contributed by atoms with E-state index in [1.54, 1.807) is 20.0 Å². The smallest absolute Gasteiger partial charge is 0.126 e. The molecule has 0 saturated carbocycles. The van der Waals surface area contributed by atoms with Crippen molar-refractivity contribution in [2.75, 3.05) is 5.73 Å². The van der Waals surface area contributed by atoms with E-state index in [0.29, 0.717) is 12.2 Å². The van der Waals surface area contributed by atoms with Gasteiger partial charge in [0, 0.05) is 12.0 Å². The van der Waals surface area contributed by atoms with Crippen molar-refractivity contribution >= 4 is 5.82 Å². The Bertz CT molecular complexity index is 511. The molecule has 2 rings (SSSR count). The summed E-state index contributed by atoms with van der Waals surface area (Å²) in [5.41, 5.74) is 7.25. The van der Waals surface area contributed by atoms with Gasteiger partial charge in [-0.25, -0.2) is 4.39 Å². The summed E-state index contributed by atoms with van der Waals surface area (Å²) in [6.45, 7) is 3.14. The highest BCUT2D eigenvalue weighted by molar-refractivity contribution is 5.75. The number of aromatic nitrogens is 2. The lowest BCUT2D eigenvalue weighted by atomic mass is 9.93. The molecule has 17 heavy (non-hydrogen) atoms. The number of halogens is 1. The third-order valence-corrected chi connectivity index (χ3v) is 2.59. The molecule has 0 amide bonds. The maximum atomic E-state index is 13.7. The SMILES string of the molecule is CC(C)(F)Cc1ccccc1-c1cn[nH]c1N. The van der Waals surface area contributed by atoms with Gasteiger partial charge < -0.3 is 5.73 Å². The Hall–Kier alpha value is -1.84. The third kappa shape index (κ3) is 2.64. The molecule has 0 aliphatic heterocycles. The molecule has 90 valence electrons. The van der Waals surface area contributed by atoms with Gasteiger partial charge in [0.15, 0.2) is 0 Å². The number of alkyl halides is 1. The van der Waals surface area contributed by atoms with Crippen LogP contribution in [0.25, 0.3) is 11.1 Å². The highest BCUT2D eigenvalue weighted by Gasteiger charge is 2.19. The van der Waals surface area contributed by atoms with Crippen molar-refractivity contribution in [3.8, 4) is 11.1 Å². The minimum absolute atomic E-state index is 0.355. The Labute approximate surface area is 99.9 Å². The van der Waals surface area contributed by atoms with E-state index in [1.807, 2.05) is 24.3 Å². The fourth-order valence-corrected chi connectivity index (χ4v) is 1.90. The van der Waals surface area contributed by atoms with E-state index in [4.69, 9.17) is 5.73 Å². The van der Waals surface area contributed by atoms with Crippen molar-refractivity contribution in [2.24, 2.45) is 0 Å². The average Bonchev–Trinajstić information content (AvgIpc) is 2.63. The van der Waals surface area contributed by atoms with Crippen molar-refractivity contribution in [1.29, 1.82) is 0 Å². The number of hydrogen-bond acceptors (Lipinski definition) is 2. The highest BCUT2D eigenvalue weighted by Crippen LogP contribution is 2.30. The van der Waals surface area contributed by atoms with Crippen molar-refractivity contribution in [3.05, 3.63) is 36.0 Å². The fourth-order valence-electron chi connectivity index (χ4n) is 1.90. The lowest BCUT2D eigenvalue weighted by Gasteiger charge is -2.16. The van der Waals surface area contributed by atoms with Gasteiger partial charge in [0.1, 0.15) is 11.5 Å². The Morgan fingerprint density at radius 1 is 1.29 bits per heavy atom. The topological polar surface area (TPSA) is 54.7 Å². The number of nitrogen functional groups attached to an aromatic ring is 1. The first-order chi connectivity index (χ1) is 7.97. The number of rotatable bonds is 3. The molecule has 3 nitrogen and oxygen atoms in total. The molecule has 0 bridgehead atoms. The number of nitrogens with one attached hydrogen (secondary N) is 1. The van der Waals surface area contributed by atoms with Crippen LogP contribution < -0.4 is 5.73 Å². The molecule has 0 spiro atoms. The van der Waals surface area contributed by atoms with E-state index >= 15 is 0 Å². The normalized spacial score (nSPS) is 11.7. The number of hydrogen-bond donors (Lipinski definition) is 2. The third-order valence-electron chi connectivity index (χ3n) is 2.59. The zero-order valence-corrected chi connectivity index (χ0v) is 10.00. The lowest BCUT2D eigenvalue weighted by Crippen LogP contribution is -2.16. The van der Waals surface area contributed by atoms with Gasteiger partial charge in [-0.3, -0.25) is 5.10 Å². The van der Waals surface area contributed by atoms with Gasteiger partial charge in [0.25, 0.3) is 0 Å². The van der Waals surface area contributed by atoms with Crippen molar-refractivity contribution < 1.29 is 4.39 Å². The average molecular weight is 233 g/mol. The predicted octanol–water partition coefficient (Wildman–Crippen LogP) is 2.95. The summed E-state index contributed by atoms with van der Waals surface area (Å²) < 4.78 is 13.7. The summed E-state index contributed by atoms with van der Waals surface area (Å²) in [7, 11) is 0. The summed E-state index contributed by atoms with van der Waals surface area (Å²) in [5.74, 6) is 0.508. The van der Waals surface area contributed by atoms with E-state index in [0.717, 1.165) is 16.7 Å². The first-order valence-electron chi connectivity index (χ1n) is 5.53. The second-order valence-corrected chi connectivity index (χ2v) is 4.75. The highest BCUT2D eigenvalue weighted by atomic mass is 19.1. The van der Waals surface area contributed by atoms with Crippen LogP contribution in [0, 0.1) is 0 Å². The second-order valence-electron chi connectivity index (χ2n) is 4.75. The zero-order valence-electron chi connectivity index (χ0n) is 10.00. The van der Waals surface area contributed by atoms with Gasteiger partial charge >= 0.3 is 0 Å². The van der Waals surface area contributed by atoms with E-state index in [-0.39, 0.29) is 0 Å². The molecule has 0 aliphatic rings. The second kappa shape index (κ2) is 4.20. The van der Waals surface area contributed by atoms with Crippen LogP contribution in [0.5, 0.6) is 0 Å². The van der Waals surface area contributed by atoms with Crippen LogP contribution in [0.3, 0.4) is 0 Å². The molecule has 0 fully saturated rings. The molecular formula is C13H16FN3. The molecule has 1 aromatic heterocycles. The van der Waals surface area contributed by atoms with Crippen LogP contribution in [0.1, 0.15) is 19.4 Å². The molecule has 4 heteroatoms. The van der Waals surface area contributed by atoms with Crippen LogP contribution in [-0.4, -0.2) is 15.9 Å². The molecule has 0 aliphatic carbocycles. The largest absolute Gasteiger partial charge is 0.384 e. The van der Waals surface area contributed by atoms with Gasteiger partial charge in [-0.1, -0.05) is 24.3 Å². The minimum atomic E-state index is -1.24. The predicted molar refractivity (Wildman–Crippen MR) is 67.3 cm³/mol. The Morgan fingerprint density at radius 2 is 2.00 bits per heavy atom. The Morgan fingerprint density at radius 3 is 2.59 bits per heavy atom. The lowest BCUT2D eigenvalue weighted by molar-refractivity contribution is 0.217. The Kier molecular flexibility index (Phi) is 2.88. The Balaban J connectivity index is 2.45. The van der Waals surface area contributed by atoms with Crippen LogP contribution in [-0.2, 0) is 6.42 Å². The minimum Gasteiger partial charge on any atom is -0.384 e. The molecule has 3 N–H and O–H groups in total. The molecule has 0 radical (unpaired) electrons. The van der Waals surface area contributed by atoms with E-state index in [9.17, 15) is 4.39 Å². The molecule has 1 heterocycles. The maximum Gasteiger partial charge on any atom is 0.126 e. The van der Waals surface area contributed by atoms with Gasteiger partial charge in [-0.05, 0) is 25.0 Å². The van der Waals surface area contributed by atoms with Gasteiger partial charge in [0.2, 0.25) is 0 Å². The number of nitrogens with two attached hydrogens (primary N) is 1. The monoisotopic (exact) mass is 233 g/mol. The quantitative estimate of drug-likeness (QED) is 0.856. The van der Waals surface area contributed by atoms with Crippen LogP contribution in [0.15, 0.2) is 30.5 Å². The summed E-state index contributed by atoms with van der Waals surface area (Å²) in [6.07, 6.45) is 2.02. The van der Waals surface area contributed by atoms with Crippen molar-refractivity contribution in [2.45, 2.75) is 25.9 Å². The summed E-state index contributed by atoms with van der Waals surface area (Å²) in [4.78, 5) is 0. The number of nitrogens with zero attached hydrogens (tertiary/aromatic N) is 1. The van der Waals surface area contributed by atoms with Crippen LogP contribution in [0.2, 0.25) is 0 Å². The van der Waals surface area contributed by atoms with Crippen molar-refractivity contribution in [1.82, 2.24) is 10.2 Å². The fraction of sp³-hybridized carbons (Fsp3) is 0.308. The number of benzene rings is 1. The number of aromatic amines is 1. The van der Waals surface area contributed by atoms with E-state index < -0.39 is 5.67 Å². The van der Waals surface area contributed by atoms with Crippen LogP contribution >= 0.6 is 0 Å².